The molecule has 0 saturated heterocycles. The molecule has 0 heterocycles. The minimum absolute atomic E-state index is 0.224. The number of carbonyl (C=O) groups excluding carboxylic acids is 1. The minimum atomic E-state index is -4.28. The van der Waals surface area contributed by atoms with Crippen LogP contribution >= 0.6 is 15.9 Å². The van der Waals surface area contributed by atoms with Crippen molar-refractivity contribution in [2.24, 2.45) is 0 Å². The predicted octanol–water partition coefficient (Wildman–Crippen LogP) is 1.82. The van der Waals surface area contributed by atoms with Crippen LogP contribution in [-0.4, -0.2) is 48.0 Å². The number of aliphatic carboxylic acids is 1. The molecule has 0 aliphatic rings. The van der Waals surface area contributed by atoms with Crippen LogP contribution in [0.3, 0.4) is 0 Å². The number of carbonyl (C=O) groups is 2. The van der Waals surface area contributed by atoms with Crippen molar-refractivity contribution in [1.29, 1.82) is 0 Å². The predicted molar refractivity (Wildman–Crippen MR) is 97.0 cm³/mol. The summed E-state index contributed by atoms with van der Waals surface area (Å²) in [6.45, 7) is -1.78. The summed E-state index contributed by atoms with van der Waals surface area (Å²) in [6, 6.07) is 12.3. The fourth-order valence-corrected chi connectivity index (χ4v) is 3.65. The van der Waals surface area contributed by atoms with Crippen LogP contribution in [-0.2, 0) is 19.6 Å². The van der Waals surface area contributed by atoms with Crippen molar-refractivity contribution in [3.05, 3.63) is 53.0 Å². The Balaban J connectivity index is 2.22. The number of sulfonamides is 1. The van der Waals surface area contributed by atoms with Crippen LogP contribution in [0.15, 0.2) is 57.9 Å². The summed E-state index contributed by atoms with van der Waals surface area (Å²) in [6.07, 6.45) is 0. The van der Waals surface area contributed by atoms with Gasteiger partial charge in [0.2, 0.25) is 10.0 Å². The van der Waals surface area contributed by atoms with Gasteiger partial charge in [-0.25, -0.2) is 13.9 Å². The second-order valence-electron chi connectivity index (χ2n) is 5.23. The van der Waals surface area contributed by atoms with Crippen LogP contribution in [0.1, 0.15) is 0 Å². The number of benzene rings is 2. The number of halogens is 1. The molecule has 0 aliphatic carbocycles. The van der Waals surface area contributed by atoms with Crippen LogP contribution in [0.4, 0.5) is 0 Å². The fourth-order valence-electron chi connectivity index (χ4n) is 2.04. The lowest BCUT2D eigenvalue weighted by Crippen LogP contribution is -2.42. The van der Waals surface area contributed by atoms with Gasteiger partial charge in [0.15, 0.2) is 0 Å². The van der Waals surface area contributed by atoms with Crippen molar-refractivity contribution in [3.8, 4) is 11.5 Å². The van der Waals surface area contributed by atoms with Crippen molar-refractivity contribution < 1.29 is 33.1 Å². The molecular formula is C16H15BrN2O7S. The summed E-state index contributed by atoms with van der Waals surface area (Å²) in [7, 11) is -4.28. The van der Waals surface area contributed by atoms with E-state index in [0.29, 0.717) is 15.8 Å². The molecule has 2 rings (SSSR count). The summed E-state index contributed by atoms with van der Waals surface area (Å²) in [4.78, 5) is 22.0. The molecule has 3 N–H and O–H groups in total. The van der Waals surface area contributed by atoms with Crippen molar-refractivity contribution in [2.45, 2.75) is 4.90 Å². The number of carboxylic acids is 1. The van der Waals surface area contributed by atoms with Gasteiger partial charge in [-0.1, -0.05) is 15.9 Å². The quantitative estimate of drug-likeness (QED) is 0.405. The van der Waals surface area contributed by atoms with E-state index in [2.05, 4.69) is 15.9 Å². The second-order valence-corrected chi connectivity index (χ2v) is 8.08. The average Bonchev–Trinajstić information content (AvgIpc) is 2.63. The van der Waals surface area contributed by atoms with Gasteiger partial charge in [-0.3, -0.25) is 14.8 Å². The normalized spacial score (nSPS) is 11.2. The molecule has 0 saturated carbocycles. The Morgan fingerprint density at radius 2 is 1.52 bits per heavy atom. The van der Waals surface area contributed by atoms with Crippen molar-refractivity contribution in [3.63, 3.8) is 0 Å². The first kappa shape index (κ1) is 20.8. The smallest absolute Gasteiger partial charge is 0.318 e. The number of ether oxygens (including phenoxy) is 1. The molecular weight excluding hydrogens is 444 g/mol. The highest BCUT2D eigenvalue weighted by Crippen LogP contribution is 2.25. The number of carboxylic acid groups (broad SMARTS) is 1. The Morgan fingerprint density at radius 1 is 1.00 bits per heavy atom. The molecule has 2 aromatic carbocycles. The van der Waals surface area contributed by atoms with Gasteiger partial charge in [-0.15, -0.1) is 0 Å². The number of hydroxylamine groups is 1. The summed E-state index contributed by atoms with van der Waals surface area (Å²) >= 11 is 3.30. The fraction of sp³-hybridized carbons (Fsp3) is 0.125. The van der Waals surface area contributed by atoms with E-state index in [-0.39, 0.29) is 4.90 Å². The van der Waals surface area contributed by atoms with E-state index in [1.807, 2.05) is 0 Å². The Kier molecular flexibility index (Phi) is 6.91. The summed E-state index contributed by atoms with van der Waals surface area (Å²) in [5.41, 5.74) is 1.27. The third-order valence-corrected chi connectivity index (χ3v) is 5.60. The molecule has 0 bridgehead atoms. The van der Waals surface area contributed by atoms with Crippen LogP contribution in [0, 0.1) is 0 Å². The van der Waals surface area contributed by atoms with Gasteiger partial charge in [-0.05, 0) is 48.5 Å². The minimum Gasteiger partial charge on any atom is -0.480 e. The highest BCUT2D eigenvalue weighted by atomic mass is 79.9. The van der Waals surface area contributed by atoms with Gasteiger partial charge in [0.05, 0.1) is 11.4 Å². The Bertz CT molecular complexity index is 915. The number of hydrogen-bond acceptors (Lipinski definition) is 6. The monoisotopic (exact) mass is 458 g/mol. The average molecular weight is 459 g/mol. The molecule has 2 aromatic rings. The lowest BCUT2D eigenvalue weighted by molar-refractivity contribution is -0.137. The molecule has 0 spiro atoms. The zero-order valence-corrected chi connectivity index (χ0v) is 16.1. The molecule has 27 heavy (non-hydrogen) atoms. The standard InChI is InChI=1S/C16H15BrN2O7S/c17-11-1-3-12(4-2-11)26-13-5-7-14(8-6-13)27(24,25)19(10-16(21)22)9-15(20)18-23/h1-8,23H,9-10H2,(H,18,20)(H,21,22). The van der Waals surface area contributed by atoms with Crippen LogP contribution in [0.2, 0.25) is 0 Å². The van der Waals surface area contributed by atoms with E-state index in [1.165, 1.54) is 29.7 Å². The molecule has 0 atom stereocenters. The van der Waals surface area contributed by atoms with Crippen molar-refractivity contribution >= 4 is 37.8 Å². The molecule has 0 aliphatic heterocycles. The Hall–Kier alpha value is -2.47. The molecule has 0 aromatic heterocycles. The second kappa shape index (κ2) is 8.95. The lowest BCUT2D eigenvalue weighted by atomic mass is 10.3. The zero-order chi connectivity index (χ0) is 20.0. The van der Waals surface area contributed by atoms with Crippen molar-refractivity contribution in [2.75, 3.05) is 13.1 Å². The maximum Gasteiger partial charge on any atom is 0.318 e. The summed E-state index contributed by atoms with van der Waals surface area (Å²) < 4.78 is 32.1. The maximum atomic E-state index is 12.6. The number of rotatable bonds is 8. The van der Waals surface area contributed by atoms with E-state index < -0.39 is 35.0 Å². The first-order valence-corrected chi connectivity index (χ1v) is 9.64. The van der Waals surface area contributed by atoms with E-state index in [4.69, 9.17) is 15.1 Å². The van der Waals surface area contributed by atoms with Gasteiger partial charge < -0.3 is 9.84 Å². The third-order valence-electron chi connectivity index (χ3n) is 3.27. The number of nitrogens with zero attached hydrogens (tertiary/aromatic N) is 1. The maximum absolute atomic E-state index is 12.6. The molecule has 1 amide bonds. The topological polar surface area (TPSA) is 133 Å². The molecule has 0 fully saturated rings. The molecule has 0 unspecified atom stereocenters. The van der Waals surface area contributed by atoms with Crippen LogP contribution in [0.25, 0.3) is 0 Å². The van der Waals surface area contributed by atoms with Gasteiger partial charge in [0.25, 0.3) is 5.91 Å². The van der Waals surface area contributed by atoms with Gasteiger partial charge in [0.1, 0.15) is 18.0 Å². The highest BCUT2D eigenvalue weighted by Gasteiger charge is 2.28. The van der Waals surface area contributed by atoms with E-state index in [1.54, 1.807) is 24.3 Å². The first-order valence-electron chi connectivity index (χ1n) is 7.41. The molecule has 0 radical (unpaired) electrons. The van der Waals surface area contributed by atoms with Crippen LogP contribution in [0.5, 0.6) is 11.5 Å². The molecule has 144 valence electrons. The number of hydrogen-bond donors (Lipinski definition) is 3. The lowest BCUT2D eigenvalue weighted by Gasteiger charge is -2.19. The van der Waals surface area contributed by atoms with Crippen LogP contribution < -0.4 is 10.2 Å². The zero-order valence-electron chi connectivity index (χ0n) is 13.7. The third kappa shape index (κ3) is 5.76. The van der Waals surface area contributed by atoms with E-state index in [0.717, 1.165) is 4.47 Å². The molecule has 11 heteroatoms. The Morgan fingerprint density at radius 3 is 2.00 bits per heavy atom. The number of nitrogens with one attached hydrogen (secondary N) is 1. The van der Waals surface area contributed by atoms with E-state index >= 15 is 0 Å². The van der Waals surface area contributed by atoms with Gasteiger partial charge >= 0.3 is 5.97 Å². The first-order chi connectivity index (χ1) is 12.7. The summed E-state index contributed by atoms with van der Waals surface area (Å²) in [5, 5.41) is 17.4. The van der Waals surface area contributed by atoms with E-state index in [9.17, 15) is 18.0 Å². The highest BCUT2D eigenvalue weighted by molar-refractivity contribution is 9.10. The van der Waals surface area contributed by atoms with Gasteiger partial charge in [-0.2, -0.15) is 4.31 Å². The SMILES string of the molecule is O=C(O)CN(CC(=O)NO)S(=O)(=O)c1ccc(Oc2ccc(Br)cc2)cc1. The molecule has 9 nitrogen and oxygen atoms in total. The number of amides is 1. The van der Waals surface area contributed by atoms with Gasteiger partial charge in [0, 0.05) is 4.47 Å². The largest absolute Gasteiger partial charge is 0.480 e. The Labute approximate surface area is 163 Å². The summed E-state index contributed by atoms with van der Waals surface area (Å²) in [5.74, 6) is -1.59. The van der Waals surface area contributed by atoms with Crippen molar-refractivity contribution in [1.82, 2.24) is 9.79 Å².